The molecule has 4 nitrogen and oxygen atoms in total. The normalized spacial score (nSPS) is 15.0. The molecule has 0 N–H and O–H groups in total. The summed E-state index contributed by atoms with van der Waals surface area (Å²) in [4.78, 5) is 21.3. The minimum absolute atomic E-state index is 0.0421. The first-order valence-electron chi connectivity index (χ1n) is 8.27. The second kappa shape index (κ2) is 6.44. The predicted molar refractivity (Wildman–Crippen MR) is 98.9 cm³/mol. The molecule has 0 aliphatic carbocycles. The Kier molecular flexibility index (Phi) is 4.13. The van der Waals surface area contributed by atoms with Crippen molar-refractivity contribution in [3.63, 3.8) is 0 Å². The Hall–Kier alpha value is -2.47. The second-order valence-electron chi connectivity index (χ2n) is 6.25. The topological polar surface area (TPSA) is 36.4 Å². The van der Waals surface area contributed by atoms with Gasteiger partial charge in [-0.2, -0.15) is 0 Å². The number of aryl methyl sites for hydroxylation is 1. The summed E-state index contributed by atoms with van der Waals surface area (Å²) in [7, 11) is 0. The fraction of sp³-hybridized carbons (Fsp3) is 0.263. The molecule has 6 heteroatoms. The Morgan fingerprint density at radius 2 is 1.80 bits per heavy atom. The Balaban J connectivity index is 1.45. The van der Waals surface area contributed by atoms with Gasteiger partial charge in [0, 0.05) is 31.7 Å². The van der Waals surface area contributed by atoms with E-state index in [4.69, 9.17) is 4.98 Å². The van der Waals surface area contributed by atoms with Crippen molar-refractivity contribution in [1.29, 1.82) is 0 Å². The molecule has 1 aliphatic rings. The van der Waals surface area contributed by atoms with E-state index in [1.807, 2.05) is 4.90 Å². The molecular formula is C19H18FN3OS. The molecule has 2 aromatic carbocycles. The van der Waals surface area contributed by atoms with Gasteiger partial charge >= 0.3 is 0 Å². The SMILES string of the molecule is Cc1ccc2nc(N3CCN(C(=O)c4ccc(F)cc4)CC3)sc2c1. The van der Waals surface area contributed by atoms with Crippen LogP contribution < -0.4 is 4.90 Å². The van der Waals surface area contributed by atoms with Crippen LogP contribution >= 0.6 is 11.3 Å². The van der Waals surface area contributed by atoms with Gasteiger partial charge < -0.3 is 9.80 Å². The first-order valence-corrected chi connectivity index (χ1v) is 9.09. The molecule has 0 radical (unpaired) electrons. The monoisotopic (exact) mass is 355 g/mol. The van der Waals surface area contributed by atoms with E-state index in [1.165, 1.54) is 22.4 Å². The van der Waals surface area contributed by atoms with Crippen LogP contribution in [0.2, 0.25) is 0 Å². The Morgan fingerprint density at radius 3 is 2.52 bits per heavy atom. The number of rotatable bonds is 2. The van der Waals surface area contributed by atoms with Crippen LogP contribution in [-0.2, 0) is 0 Å². The van der Waals surface area contributed by atoms with Crippen molar-refractivity contribution < 1.29 is 9.18 Å². The number of aromatic nitrogens is 1. The van der Waals surface area contributed by atoms with E-state index in [-0.39, 0.29) is 11.7 Å². The first kappa shape index (κ1) is 16.0. The lowest BCUT2D eigenvalue weighted by molar-refractivity contribution is 0.0746. The molecule has 25 heavy (non-hydrogen) atoms. The lowest BCUT2D eigenvalue weighted by Gasteiger charge is -2.34. The third kappa shape index (κ3) is 3.22. The van der Waals surface area contributed by atoms with Gasteiger partial charge in [-0.25, -0.2) is 9.37 Å². The summed E-state index contributed by atoms with van der Waals surface area (Å²) in [5, 5.41) is 1.01. The molecule has 4 rings (SSSR count). The van der Waals surface area contributed by atoms with Gasteiger partial charge in [0.05, 0.1) is 10.2 Å². The van der Waals surface area contributed by atoms with E-state index < -0.39 is 0 Å². The van der Waals surface area contributed by atoms with E-state index in [2.05, 4.69) is 30.0 Å². The van der Waals surface area contributed by atoms with Gasteiger partial charge in [0.25, 0.3) is 5.91 Å². The third-order valence-corrected chi connectivity index (χ3v) is 5.54. The standard InChI is InChI=1S/C19H18FN3OS/c1-13-2-7-16-17(12-13)25-19(21-16)23-10-8-22(9-11-23)18(24)14-3-5-15(20)6-4-14/h2-7,12H,8-11H2,1H3. The zero-order valence-corrected chi connectivity index (χ0v) is 14.7. The van der Waals surface area contributed by atoms with Gasteiger partial charge in [-0.15, -0.1) is 0 Å². The molecule has 1 amide bonds. The highest BCUT2D eigenvalue weighted by Gasteiger charge is 2.24. The zero-order chi connectivity index (χ0) is 17.4. The quantitative estimate of drug-likeness (QED) is 0.703. The number of carbonyl (C=O) groups is 1. The molecular weight excluding hydrogens is 337 g/mol. The van der Waals surface area contributed by atoms with Crippen molar-refractivity contribution in [2.24, 2.45) is 0 Å². The molecule has 0 unspecified atom stereocenters. The lowest BCUT2D eigenvalue weighted by atomic mass is 10.2. The van der Waals surface area contributed by atoms with Crippen molar-refractivity contribution in [2.45, 2.75) is 6.92 Å². The van der Waals surface area contributed by atoms with Gasteiger partial charge in [-0.05, 0) is 48.9 Å². The summed E-state index contributed by atoms with van der Waals surface area (Å²) in [6, 6.07) is 12.0. The third-order valence-electron chi connectivity index (χ3n) is 4.46. The maximum atomic E-state index is 13.0. The summed E-state index contributed by atoms with van der Waals surface area (Å²) in [6.07, 6.45) is 0. The number of carbonyl (C=O) groups excluding carboxylic acids is 1. The highest BCUT2D eigenvalue weighted by molar-refractivity contribution is 7.22. The largest absolute Gasteiger partial charge is 0.345 e. The molecule has 3 aromatic rings. The summed E-state index contributed by atoms with van der Waals surface area (Å²) < 4.78 is 14.2. The fourth-order valence-electron chi connectivity index (χ4n) is 3.03. The van der Waals surface area contributed by atoms with Crippen molar-refractivity contribution in [2.75, 3.05) is 31.1 Å². The molecule has 1 fully saturated rings. The fourth-order valence-corrected chi connectivity index (χ4v) is 4.15. The average Bonchev–Trinajstić information content (AvgIpc) is 3.05. The minimum Gasteiger partial charge on any atom is -0.345 e. The number of hydrogen-bond donors (Lipinski definition) is 0. The van der Waals surface area contributed by atoms with E-state index in [1.54, 1.807) is 23.5 Å². The smallest absolute Gasteiger partial charge is 0.253 e. The maximum absolute atomic E-state index is 13.0. The van der Waals surface area contributed by atoms with Crippen molar-refractivity contribution in [1.82, 2.24) is 9.88 Å². The van der Waals surface area contributed by atoms with Gasteiger partial charge in [-0.1, -0.05) is 17.4 Å². The lowest BCUT2D eigenvalue weighted by Crippen LogP contribution is -2.48. The predicted octanol–water partition coefficient (Wildman–Crippen LogP) is 3.71. The van der Waals surface area contributed by atoms with Crippen molar-refractivity contribution in [3.8, 4) is 0 Å². The van der Waals surface area contributed by atoms with E-state index in [9.17, 15) is 9.18 Å². The molecule has 0 bridgehead atoms. The summed E-state index contributed by atoms with van der Waals surface area (Å²) in [5.41, 5.74) is 2.79. The number of fused-ring (bicyclic) bond motifs is 1. The molecule has 0 atom stereocenters. The zero-order valence-electron chi connectivity index (χ0n) is 13.9. The first-order chi connectivity index (χ1) is 12.1. The van der Waals surface area contributed by atoms with Crippen LogP contribution in [0.4, 0.5) is 9.52 Å². The number of hydrogen-bond acceptors (Lipinski definition) is 4. The van der Waals surface area contributed by atoms with E-state index in [0.29, 0.717) is 18.7 Å². The summed E-state index contributed by atoms with van der Waals surface area (Å²) in [6.45, 7) is 4.88. The Morgan fingerprint density at radius 1 is 1.08 bits per heavy atom. The molecule has 0 spiro atoms. The molecule has 0 saturated carbocycles. The van der Waals surface area contributed by atoms with Gasteiger partial charge in [-0.3, -0.25) is 4.79 Å². The van der Waals surface area contributed by atoms with Crippen molar-refractivity contribution >= 4 is 32.6 Å². The van der Waals surface area contributed by atoms with E-state index >= 15 is 0 Å². The minimum atomic E-state index is -0.326. The van der Waals surface area contributed by atoms with Crippen LogP contribution in [0.5, 0.6) is 0 Å². The number of nitrogens with zero attached hydrogens (tertiary/aromatic N) is 3. The van der Waals surface area contributed by atoms with Crippen LogP contribution in [0.3, 0.4) is 0 Å². The number of amides is 1. The Bertz CT molecular complexity index is 914. The van der Waals surface area contributed by atoms with Crippen LogP contribution in [0.25, 0.3) is 10.2 Å². The highest BCUT2D eigenvalue weighted by atomic mass is 32.1. The highest BCUT2D eigenvalue weighted by Crippen LogP contribution is 2.30. The van der Waals surface area contributed by atoms with Crippen molar-refractivity contribution in [3.05, 3.63) is 59.4 Å². The van der Waals surface area contributed by atoms with E-state index in [0.717, 1.165) is 23.7 Å². The number of benzene rings is 2. The van der Waals surface area contributed by atoms with Crippen LogP contribution in [-0.4, -0.2) is 42.0 Å². The molecule has 1 aliphatic heterocycles. The number of piperazine rings is 1. The van der Waals surface area contributed by atoms with Gasteiger partial charge in [0.1, 0.15) is 5.82 Å². The molecule has 1 aromatic heterocycles. The molecule has 128 valence electrons. The maximum Gasteiger partial charge on any atom is 0.253 e. The van der Waals surface area contributed by atoms with Gasteiger partial charge in [0.15, 0.2) is 5.13 Å². The average molecular weight is 355 g/mol. The summed E-state index contributed by atoms with van der Waals surface area (Å²) in [5.74, 6) is -0.369. The molecule has 2 heterocycles. The van der Waals surface area contributed by atoms with Gasteiger partial charge in [0.2, 0.25) is 0 Å². The van der Waals surface area contributed by atoms with Crippen LogP contribution in [0.15, 0.2) is 42.5 Å². The second-order valence-corrected chi connectivity index (χ2v) is 7.26. The number of thiazole rings is 1. The summed E-state index contributed by atoms with van der Waals surface area (Å²) >= 11 is 1.70. The number of anilines is 1. The Labute approximate surface area is 149 Å². The molecule has 1 saturated heterocycles. The van der Waals surface area contributed by atoms with Crippen LogP contribution in [0.1, 0.15) is 15.9 Å². The van der Waals surface area contributed by atoms with Crippen LogP contribution in [0, 0.1) is 12.7 Å². The number of halogens is 1.